The fourth-order valence-corrected chi connectivity index (χ4v) is 13.6. The van der Waals surface area contributed by atoms with E-state index >= 15 is 0 Å². The van der Waals surface area contributed by atoms with Crippen molar-refractivity contribution >= 4 is 139 Å². The van der Waals surface area contributed by atoms with Crippen molar-refractivity contribution < 1.29 is 4.42 Å². The molecule has 7 heteroatoms. The molecule has 5 heterocycles. The molecule has 0 saturated heterocycles. The predicted octanol–water partition coefficient (Wildman–Crippen LogP) is 18.1. The smallest absolute Gasteiger partial charge is 0.167 e. The Morgan fingerprint density at radius 3 is 1.64 bits per heavy atom. The van der Waals surface area contributed by atoms with Crippen LogP contribution in [0.2, 0.25) is 0 Å². The highest BCUT2D eigenvalue weighted by Gasteiger charge is 2.24. The molecule has 0 aliphatic carbocycles. The van der Waals surface area contributed by atoms with Gasteiger partial charge >= 0.3 is 0 Å². The van der Waals surface area contributed by atoms with E-state index < -0.39 is 0 Å². The average molecular weight is 927 g/mol. The minimum atomic E-state index is 0.556. The third kappa shape index (κ3) is 5.50. The lowest BCUT2D eigenvalue weighted by Crippen LogP contribution is -2.01. The maximum Gasteiger partial charge on any atom is 0.167 e. The Morgan fingerprint density at radius 1 is 0.343 bits per heavy atom. The first-order valence-corrected chi connectivity index (χ1v) is 25.1. The topological polar surface area (TPSA) is 56.7 Å². The van der Waals surface area contributed by atoms with Crippen molar-refractivity contribution in [2.45, 2.75) is 0 Å². The number of fused-ring (bicyclic) bond motifs is 16. The summed E-state index contributed by atoms with van der Waals surface area (Å²) in [6.07, 6.45) is 0. The SMILES string of the molecule is c1ccc2cc3c(cc2c1)c1cc2ccccc2cc1n3-c1ccc2c(c1)cc(-c1nc(-c3cccc4c3sc3ccccc34)nc(-c3cccc4sc5ccccc5c34)n1)c1oc3ccccc3c12. The molecule has 0 bridgehead atoms. The van der Waals surface area contributed by atoms with Crippen molar-refractivity contribution in [3.63, 3.8) is 0 Å². The first-order chi connectivity index (χ1) is 34.7. The number of furan rings is 1. The van der Waals surface area contributed by atoms with Gasteiger partial charge in [-0.1, -0.05) is 133 Å². The molecule has 11 aromatic carbocycles. The van der Waals surface area contributed by atoms with Gasteiger partial charge < -0.3 is 8.98 Å². The van der Waals surface area contributed by atoms with E-state index in [0.29, 0.717) is 17.5 Å². The summed E-state index contributed by atoms with van der Waals surface area (Å²) in [6, 6.07) is 74.4. The van der Waals surface area contributed by atoms with Crippen LogP contribution in [0.15, 0.2) is 211 Å². The number of hydrogen-bond donors (Lipinski definition) is 0. The third-order valence-electron chi connectivity index (χ3n) is 14.4. The number of para-hydroxylation sites is 1. The molecule has 16 rings (SSSR count). The van der Waals surface area contributed by atoms with Gasteiger partial charge in [0.25, 0.3) is 0 Å². The van der Waals surface area contributed by atoms with Gasteiger partial charge in [0, 0.05) is 78.7 Å². The molecule has 0 N–H and O–H groups in total. The molecule has 0 fully saturated rings. The lowest BCUT2D eigenvalue weighted by atomic mass is 9.99. The zero-order chi connectivity index (χ0) is 45.6. The van der Waals surface area contributed by atoms with Crippen LogP contribution in [0.4, 0.5) is 0 Å². The van der Waals surface area contributed by atoms with Crippen molar-refractivity contribution in [1.29, 1.82) is 0 Å². The van der Waals surface area contributed by atoms with Gasteiger partial charge in [0.2, 0.25) is 0 Å². The monoisotopic (exact) mass is 926 g/mol. The first kappa shape index (κ1) is 38.2. The van der Waals surface area contributed by atoms with Gasteiger partial charge in [0.1, 0.15) is 11.2 Å². The zero-order valence-corrected chi connectivity index (χ0v) is 38.8. The molecule has 0 unspecified atom stereocenters. The summed E-state index contributed by atoms with van der Waals surface area (Å²) in [5, 5.41) is 16.3. The molecule has 0 atom stereocenters. The van der Waals surface area contributed by atoms with Gasteiger partial charge in [-0.15, -0.1) is 22.7 Å². The molecular formula is C63H34N4OS2. The van der Waals surface area contributed by atoms with Crippen LogP contribution in [0.5, 0.6) is 0 Å². The van der Waals surface area contributed by atoms with Gasteiger partial charge in [0.05, 0.1) is 16.6 Å². The van der Waals surface area contributed by atoms with Crippen LogP contribution in [0, 0.1) is 0 Å². The highest BCUT2D eigenvalue weighted by Crippen LogP contribution is 2.46. The Labute approximate surface area is 406 Å². The number of aromatic nitrogens is 4. The molecule has 0 aliphatic rings. The number of benzene rings is 11. The number of rotatable bonds is 4. The summed E-state index contributed by atoms with van der Waals surface area (Å²) in [5.41, 5.74) is 7.71. The van der Waals surface area contributed by atoms with Gasteiger partial charge in [-0.3, -0.25) is 0 Å². The quantitative estimate of drug-likeness (QED) is 0.176. The average Bonchev–Trinajstić information content (AvgIpc) is 4.18. The maximum atomic E-state index is 6.96. The van der Waals surface area contributed by atoms with Gasteiger partial charge in [0.15, 0.2) is 17.5 Å². The maximum absolute atomic E-state index is 6.96. The van der Waals surface area contributed by atoms with Crippen molar-refractivity contribution in [1.82, 2.24) is 19.5 Å². The summed E-state index contributed by atoms with van der Waals surface area (Å²) in [7, 11) is 0. The molecule has 70 heavy (non-hydrogen) atoms. The summed E-state index contributed by atoms with van der Waals surface area (Å²) in [4.78, 5) is 16.5. The third-order valence-corrected chi connectivity index (χ3v) is 16.7. The predicted molar refractivity (Wildman–Crippen MR) is 296 cm³/mol. The van der Waals surface area contributed by atoms with Crippen LogP contribution >= 0.6 is 22.7 Å². The summed E-state index contributed by atoms with van der Waals surface area (Å²) in [6.45, 7) is 0. The number of nitrogens with zero attached hydrogens (tertiary/aromatic N) is 4. The minimum Gasteiger partial charge on any atom is -0.455 e. The molecule has 0 saturated carbocycles. The first-order valence-electron chi connectivity index (χ1n) is 23.5. The second-order valence-electron chi connectivity index (χ2n) is 18.3. The van der Waals surface area contributed by atoms with E-state index in [2.05, 4.69) is 205 Å². The van der Waals surface area contributed by atoms with E-state index in [4.69, 9.17) is 19.4 Å². The molecular weight excluding hydrogens is 893 g/mol. The molecule has 324 valence electrons. The molecule has 0 amide bonds. The van der Waals surface area contributed by atoms with Crippen molar-refractivity contribution in [3.05, 3.63) is 206 Å². The van der Waals surface area contributed by atoms with Crippen LogP contribution in [-0.4, -0.2) is 19.5 Å². The van der Waals surface area contributed by atoms with Crippen molar-refractivity contribution in [3.8, 4) is 39.9 Å². The Bertz CT molecular complexity index is 4830. The Hall–Kier alpha value is -8.75. The molecule has 0 radical (unpaired) electrons. The molecule has 0 spiro atoms. The minimum absolute atomic E-state index is 0.556. The Balaban J connectivity index is 1.00. The fraction of sp³-hybridized carbons (Fsp3) is 0. The summed E-state index contributed by atoms with van der Waals surface area (Å²) < 4.78 is 14.2. The van der Waals surface area contributed by atoms with E-state index in [1.807, 2.05) is 6.07 Å². The summed E-state index contributed by atoms with van der Waals surface area (Å²) in [5.74, 6) is 1.80. The molecule has 5 aromatic heterocycles. The number of hydrogen-bond acceptors (Lipinski definition) is 6. The molecule has 5 nitrogen and oxygen atoms in total. The number of thiophene rings is 2. The van der Waals surface area contributed by atoms with Gasteiger partial charge in [-0.2, -0.15) is 0 Å². The van der Waals surface area contributed by atoms with Gasteiger partial charge in [-0.25, -0.2) is 15.0 Å². The van der Waals surface area contributed by atoms with E-state index in [9.17, 15) is 0 Å². The van der Waals surface area contributed by atoms with Crippen LogP contribution in [0.25, 0.3) is 156 Å². The van der Waals surface area contributed by atoms with Gasteiger partial charge in [-0.05, 0) is 105 Å². The lowest BCUT2D eigenvalue weighted by molar-refractivity contribution is 0.670. The highest BCUT2D eigenvalue weighted by molar-refractivity contribution is 7.26. The largest absolute Gasteiger partial charge is 0.455 e. The van der Waals surface area contributed by atoms with Crippen LogP contribution in [0.3, 0.4) is 0 Å². The van der Waals surface area contributed by atoms with E-state index in [1.54, 1.807) is 22.7 Å². The van der Waals surface area contributed by atoms with Crippen LogP contribution < -0.4 is 0 Å². The van der Waals surface area contributed by atoms with Crippen LogP contribution in [0.1, 0.15) is 0 Å². The molecule has 0 aliphatic heterocycles. The van der Waals surface area contributed by atoms with Crippen molar-refractivity contribution in [2.24, 2.45) is 0 Å². The molecule has 16 aromatic rings. The summed E-state index contributed by atoms with van der Waals surface area (Å²) >= 11 is 3.58. The van der Waals surface area contributed by atoms with Crippen molar-refractivity contribution in [2.75, 3.05) is 0 Å². The second-order valence-corrected chi connectivity index (χ2v) is 20.4. The lowest BCUT2D eigenvalue weighted by Gasteiger charge is -2.13. The standard InChI is InChI=1S/C63H34N4OS2/c1-3-15-37-33-51-48(30-35(37)13-1)49-31-36-14-2-4-16-38(36)34-52(49)67(51)40-27-28-41-39(29-40)32-50(59-58(41)44-18-5-8-23-53(44)68-59)63-65-61(46-21-12-26-56-57(46)45-19-7-10-25-55(45)69-56)64-62(66-63)47-22-11-20-43-42-17-6-9-24-54(42)70-60(43)47/h1-34H. The van der Waals surface area contributed by atoms with Crippen LogP contribution in [-0.2, 0) is 0 Å². The zero-order valence-electron chi connectivity index (χ0n) is 37.1. The highest BCUT2D eigenvalue weighted by atomic mass is 32.1. The normalized spacial score (nSPS) is 12.3. The fourth-order valence-electron chi connectivity index (χ4n) is 11.2. The Kier molecular flexibility index (Phi) is 7.86. The van der Waals surface area contributed by atoms with E-state index in [1.165, 1.54) is 62.6 Å². The Morgan fingerprint density at radius 2 is 0.900 bits per heavy atom. The second kappa shape index (κ2) is 14.4. The van der Waals surface area contributed by atoms with E-state index in [-0.39, 0.29) is 0 Å². The van der Waals surface area contributed by atoms with E-state index in [0.717, 1.165) is 76.2 Å².